The summed E-state index contributed by atoms with van der Waals surface area (Å²) in [7, 11) is 0. The summed E-state index contributed by atoms with van der Waals surface area (Å²) in [6, 6.07) is 8.89. The summed E-state index contributed by atoms with van der Waals surface area (Å²) in [5, 5.41) is 6.89. The molecule has 0 radical (unpaired) electrons. The Kier molecular flexibility index (Phi) is 7.31. The van der Waals surface area contributed by atoms with Crippen LogP contribution in [0.2, 0.25) is 0 Å². The lowest BCUT2D eigenvalue weighted by molar-refractivity contribution is 0.0628. The molecule has 1 aliphatic heterocycles. The summed E-state index contributed by atoms with van der Waals surface area (Å²) in [5.41, 5.74) is 7.17. The lowest BCUT2D eigenvalue weighted by Gasteiger charge is -2.34. The Morgan fingerprint density at radius 2 is 1.83 bits per heavy atom. The molecule has 1 fully saturated rings. The van der Waals surface area contributed by atoms with E-state index < -0.39 is 11.6 Å². The minimum Gasteiger partial charge on any atom is -0.383 e. The van der Waals surface area contributed by atoms with Crippen molar-refractivity contribution >= 4 is 23.2 Å². The lowest BCUT2D eigenvalue weighted by atomic mass is 10.1. The summed E-state index contributed by atoms with van der Waals surface area (Å²) >= 11 is 0. The average Bonchev–Trinajstić information content (AvgIpc) is 2.87. The maximum atomic E-state index is 14.1. The number of aromatic nitrogens is 2. The molecule has 1 amide bonds. The molecule has 1 saturated heterocycles. The van der Waals surface area contributed by atoms with Crippen molar-refractivity contribution < 1.29 is 13.6 Å². The zero-order chi connectivity index (χ0) is 24.8. The van der Waals surface area contributed by atoms with Gasteiger partial charge in [-0.25, -0.2) is 18.8 Å². The summed E-state index contributed by atoms with van der Waals surface area (Å²) < 4.78 is 27.7. The Morgan fingerprint density at radius 3 is 2.54 bits per heavy atom. The molecule has 0 spiro atoms. The van der Waals surface area contributed by atoms with Gasteiger partial charge in [0, 0.05) is 51.3 Å². The van der Waals surface area contributed by atoms with Gasteiger partial charge in [-0.05, 0) is 35.9 Å². The van der Waals surface area contributed by atoms with Crippen LogP contribution in [0.5, 0.6) is 0 Å². The van der Waals surface area contributed by atoms with Crippen LogP contribution in [0.15, 0.2) is 70.3 Å². The number of amidine groups is 1. The molecule has 2 aromatic heterocycles. The first-order chi connectivity index (χ1) is 17.0. The third kappa shape index (κ3) is 5.61. The van der Waals surface area contributed by atoms with Crippen molar-refractivity contribution in [2.75, 3.05) is 31.9 Å². The molecule has 0 aliphatic carbocycles. The number of carbonyl (C=O) groups excluding carboxylic acids is 1. The molecule has 180 valence electrons. The van der Waals surface area contributed by atoms with E-state index in [1.807, 2.05) is 12.1 Å². The molecule has 4 rings (SSSR count). The van der Waals surface area contributed by atoms with E-state index in [1.54, 1.807) is 17.3 Å². The fourth-order valence-electron chi connectivity index (χ4n) is 3.69. The fraction of sp³-hybridized carbons (Fsp3) is 0.217. The topological polar surface area (TPSA) is 138 Å². The summed E-state index contributed by atoms with van der Waals surface area (Å²) in [6.45, 7) is 3.24. The van der Waals surface area contributed by atoms with Gasteiger partial charge in [0.2, 0.25) is 0 Å². The van der Waals surface area contributed by atoms with Gasteiger partial charge in [0.1, 0.15) is 11.5 Å². The maximum Gasteiger partial charge on any atom is 0.255 e. The van der Waals surface area contributed by atoms with E-state index in [-0.39, 0.29) is 34.4 Å². The first-order valence-corrected chi connectivity index (χ1v) is 10.8. The van der Waals surface area contributed by atoms with E-state index in [9.17, 15) is 13.6 Å². The van der Waals surface area contributed by atoms with Gasteiger partial charge in [-0.15, -0.1) is 5.11 Å². The zero-order valence-corrected chi connectivity index (χ0v) is 18.7. The van der Waals surface area contributed by atoms with Crippen molar-refractivity contribution in [3.63, 3.8) is 0 Å². The number of anilines is 1. The predicted octanol–water partition coefficient (Wildman–Crippen LogP) is 2.70. The maximum absolute atomic E-state index is 14.1. The van der Waals surface area contributed by atoms with E-state index in [2.05, 4.69) is 30.2 Å². The molecule has 0 saturated carbocycles. The first-order valence-electron chi connectivity index (χ1n) is 10.8. The Hall–Kier alpha value is -4.32. The zero-order valence-electron chi connectivity index (χ0n) is 18.7. The smallest absolute Gasteiger partial charge is 0.255 e. The molecular formula is C23H23F2N9O. The number of nitrogen functional groups attached to an aromatic ring is 1. The highest BCUT2D eigenvalue weighted by atomic mass is 19.2. The number of hydrogen-bond acceptors (Lipinski definition) is 7. The van der Waals surface area contributed by atoms with Crippen LogP contribution in [-0.2, 0) is 6.54 Å². The molecule has 0 unspecified atom stereocenters. The van der Waals surface area contributed by atoms with Crippen molar-refractivity contribution in [2.45, 2.75) is 6.54 Å². The average molecular weight is 479 g/mol. The Labute approximate surface area is 200 Å². The SMILES string of the molecule is NN=NC(=Nc1cccc(F)c1F)c1cc(C(=O)N2CCN(Cc3ccncc3)CC2)cnc1N. The molecule has 3 aromatic rings. The van der Waals surface area contributed by atoms with Gasteiger partial charge in [0.15, 0.2) is 17.5 Å². The van der Waals surface area contributed by atoms with Gasteiger partial charge in [-0.3, -0.25) is 14.7 Å². The van der Waals surface area contributed by atoms with Crippen LogP contribution in [0.1, 0.15) is 21.5 Å². The Morgan fingerprint density at radius 1 is 1.09 bits per heavy atom. The minimum absolute atomic E-state index is 0.0216. The van der Waals surface area contributed by atoms with Gasteiger partial charge in [0.05, 0.1) is 11.1 Å². The lowest BCUT2D eigenvalue weighted by Crippen LogP contribution is -2.48. The molecule has 0 bridgehead atoms. The van der Waals surface area contributed by atoms with Gasteiger partial charge in [-0.2, -0.15) is 0 Å². The molecular weight excluding hydrogens is 456 g/mol. The highest BCUT2D eigenvalue weighted by molar-refractivity contribution is 6.06. The van der Waals surface area contributed by atoms with E-state index >= 15 is 0 Å². The molecule has 35 heavy (non-hydrogen) atoms. The van der Waals surface area contributed by atoms with Crippen LogP contribution in [0.25, 0.3) is 0 Å². The van der Waals surface area contributed by atoms with Gasteiger partial charge >= 0.3 is 0 Å². The summed E-state index contributed by atoms with van der Waals surface area (Å²) in [5.74, 6) is 2.47. The predicted molar refractivity (Wildman–Crippen MR) is 126 cm³/mol. The first kappa shape index (κ1) is 23.8. The van der Waals surface area contributed by atoms with Gasteiger partial charge in [-0.1, -0.05) is 11.3 Å². The molecule has 12 heteroatoms. The second kappa shape index (κ2) is 10.7. The number of pyridine rings is 2. The number of nitrogens with zero attached hydrogens (tertiary/aromatic N) is 7. The van der Waals surface area contributed by atoms with Crippen LogP contribution in [0, 0.1) is 11.6 Å². The molecule has 4 N–H and O–H groups in total. The Balaban J connectivity index is 1.53. The van der Waals surface area contributed by atoms with Crippen LogP contribution in [-0.4, -0.2) is 57.7 Å². The number of nitrogens with two attached hydrogens (primary N) is 2. The third-order valence-electron chi connectivity index (χ3n) is 5.53. The largest absolute Gasteiger partial charge is 0.383 e. The highest BCUT2D eigenvalue weighted by Gasteiger charge is 2.24. The number of benzene rings is 1. The van der Waals surface area contributed by atoms with Crippen molar-refractivity contribution in [2.24, 2.45) is 21.2 Å². The molecule has 1 aromatic carbocycles. The quantitative estimate of drug-likeness (QED) is 0.190. The number of hydrogen-bond donors (Lipinski definition) is 2. The molecule has 10 nitrogen and oxygen atoms in total. The van der Waals surface area contributed by atoms with E-state index in [0.29, 0.717) is 26.2 Å². The second-order valence-electron chi connectivity index (χ2n) is 7.80. The number of carbonyl (C=O) groups is 1. The third-order valence-corrected chi connectivity index (χ3v) is 5.53. The number of aliphatic imine (C=N–C) groups is 1. The van der Waals surface area contributed by atoms with Crippen molar-refractivity contribution in [1.29, 1.82) is 0 Å². The van der Waals surface area contributed by atoms with Crippen LogP contribution < -0.4 is 11.6 Å². The van der Waals surface area contributed by atoms with Crippen molar-refractivity contribution in [1.82, 2.24) is 19.8 Å². The Bertz CT molecular complexity index is 1260. The van der Waals surface area contributed by atoms with Crippen LogP contribution >= 0.6 is 0 Å². The van der Waals surface area contributed by atoms with Crippen LogP contribution in [0.3, 0.4) is 0 Å². The summed E-state index contributed by atoms with van der Waals surface area (Å²) in [4.78, 5) is 29.2. The fourth-order valence-corrected chi connectivity index (χ4v) is 3.69. The van der Waals surface area contributed by atoms with Crippen molar-refractivity contribution in [3.8, 4) is 0 Å². The van der Waals surface area contributed by atoms with E-state index in [4.69, 9.17) is 11.6 Å². The normalized spacial score (nSPS) is 15.0. The number of amides is 1. The molecule has 3 heterocycles. The minimum atomic E-state index is -1.17. The second-order valence-corrected chi connectivity index (χ2v) is 7.80. The number of piperazine rings is 1. The van der Waals surface area contributed by atoms with E-state index in [1.165, 1.54) is 24.4 Å². The highest BCUT2D eigenvalue weighted by Crippen LogP contribution is 2.23. The number of rotatable bonds is 5. The summed E-state index contributed by atoms with van der Waals surface area (Å²) in [6.07, 6.45) is 4.86. The van der Waals surface area contributed by atoms with Crippen molar-refractivity contribution in [3.05, 3.63) is 83.3 Å². The molecule has 0 atom stereocenters. The van der Waals surface area contributed by atoms with Crippen LogP contribution in [0.4, 0.5) is 20.3 Å². The molecule has 1 aliphatic rings. The standard InChI is InChI=1S/C23H23F2N9O/c24-18-2-1-3-19(20(18)25)30-22(31-32-27)17-12-16(13-29-21(17)26)23(35)34-10-8-33(9-11-34)14-15-4-6-28-7-5-15/h1-7,12-13H,8-11,14H2,(H2,26,29)(H2,27,30,31). The monoisotopic (exact) mass is 479 g/mol. The van der Waals surface area contributed by atoms with Gasteiger partial charge < -0.3 is 16.5 Å². The van der Waals surface area contributed by atoms with Gasteiger partial charge in [0.25, 0.3) is 5.91 Å². The van der Waals surface area contributed by atoms with E-state index in [0.717, 1.165) is 18.2 Å². The number of halogens is 2.